The first-order valence-corrected chi connectivity index (χ1v) is 9.74. The number of anilines is 1. The molecule has 0 saturated carbocycles. The SMILES string of the molecule is CCC[C@@]1(CO)CN(Cc2cnc(N3CCCCC3)nc2)CC[C@H]1O. The Balaban J connectivity index is 1.61. The van der Waals surface area contributed by atoms with Crippen LogP contribution in [0.25, 0.3) is 0 Å². The monoisotopic (exact) mass is 348 g/mol. The molecule has 1 aromatic heterocycles. The maximum Gasteiger partial charge on any atom is 0.225 e. The van der Waals surface area contributed by atoms with Crippen LogP contribution < -0.4 is 4.90 Å². The van der Waals surface area contributed by atoms with Crippen LogP contribution in [0.3, 0.4) is 0 Å². The lowest BCUT2D eigenvalue weighted by molar-refractivity contribution is -0.0820. The fourth-order valence-corrected chi connectivity index (χ4v) is 4.30. The summed E-state index contributed by atoms with van der Waals surface area (Å²) < 4.78 is 0. The Labute approximate surface area is 150 Å². The molecule has 6 nitrogen and oxygen atoms in total. The molecule has 0 amide bonds. The van der Waals surface area contributed by atoms with Crippen LogP contribution in [0.5, 0.6) is 0 Å². The molecular formula is C19H32N4O2. The van der Waals surface area contributed by atoms with E-state index >= 15 is 0 Å². The summed E-state index contributed by atoms with van der Waals surface area (Å²) in [5.41, 5.74) is 0.710. The summed E-state index contributed by atoms with van der Waals surface area (Å²) in [6, 6.07) is 0. The van der Waals surface area contributed by atoms with Gasteiger partial charge in [0.1, 0.15) is 0 Å². The van der Waals surface area contributed by atoms with E-state index in [0.717, 1.165) is 57.1 Å². The molecule has 2 fully saturated rings. The fraction of sp³-hybridized carbons (Fsp3) is 0.789. The lowest BCUT2D eigenvalue weighted by atomic mass is 9.74. The number of aliphatic hydroxyl groups is 2. The lowest BCUT2D eigenvalue weighted by Crippen LogP contribution is -2.53. The van der Waals surface area contributed by atoms with E-state index in [1.807, 2.05) is 12.4 Å². The molecule has 0 radical (unpaired) electrons. The summed E-state index contributed by atoms with van der Waals surface area (Å²) in [7, 11) is 0. The second-order valence-electron chi connectivity index (χ2n) is 7.72. The average molecular weight is 348 g/mol. The third-order valence-electron chi connectivity index (χ3n) is 5.76. The van der Waals surface area contributed by atoms with Gasteiger partial charge < -0.3 is 15.1 Å². The molecule has 0 aliphatic carbocycles. The summed E-state index contributed by atoms with van der Waals surface area (Å²) in [5, 5.41) is 20.3. The lowest BCUT2D eigenvalue weighted by Gasteiger charge is -2.45. The van der Waals surface area contributed by atoms with E-state index < -0.39 is 6.10 Å². The van der Waals surface area contributed by atoms with Gasteiger partial charge >= 0.3 is 0 Å². The fourth-order valence-electron chi connectivity index (χ4n) is 4.30. The van der Waals surface area contributed by atoms with E-state index in [4.69, 9.17) is 0 Å². The van der Waals surface area contributed by atoms with Crippen molar-refractivity contribution < 1.29 is 10.2 Å². The molecule has 3 heterocycles. The standard InChI is InChI=1S/C19H32N4O2/c1-2-7-19(15-24)14-22(10-6-17(19)25)13-16-11-20-18(21-12-16)23-8-4-3-5-9-23/h11-12,17,24-25H,2-10,13-15H2,1H3/t17-,19+/m1/s1. The number of hydrogen-bond acceptors (Lipinski definition) is 6. The highest BCUT2D eigenvalue weighted by Gasteiger charge is 2.41. The molecule has 25 heavy (non-hydrogen) atoms. The first-order chi connectivity index (χ1) is 12.2. The van der Waals surface area contributed by atoms with E-state index in [0.29, 0.717) is 6.42 Å². The highest BCUT2D eigenvalue weighted by atomic mass is 16.3. The molecule has 2 saturated heterocycles. The summed E-state index contributed by atoms with van der Waals surface area (Å²) in [5.74, 6) is 0.841. The van der Waals surface area contributed by atoms with Crippen molar-refractivity contribution >= 4 is 5.95 Å². The van der Waals surface area contributed by atoms with E-state index in [1.165, 1.54) is 19.3 Å². The van der Waals surface area contributed by atoms with Crippen LogP contribution in [0.2, 0.25) is 0 Å². The number of likely N-dealkylation sites (tertiary alicyclic amines) is 1. The zero-order chi connectivity index (χ0) is 17.7. The molecule has 1 aromatic rings. The van der Waals surface area contributed by atoms with Crippen molar-refractivity contribution in [2.75, 3.05) is 37.7 Å². The molecule has 0 spiro atoms. The third kappa shape index (κ3) is 4.30. The molecule has 140 valence electrons. The van der Waals surface area contributed by atoms with Gasteiger partial charge in [0.05, 0.1) is 12.7 Å². The summed E-state index contributed by atoms with van der Waals surface area (Å²) in [6.07, 6.45) is 9.75. The number of aliphatic hydroxyl groups excluding tert-OH is 2. The maximum absolute atomic E-state index is 10.4. The van der Waals surface area contributed by atoms with Gasteiger partial charge in [-0.1, -0.05) is 13.3 Å². The van der Waals surface area contributed by atoms with Crippen LogP contribution in [-0.4, -0.2) is 64.0 Å². The van der Waals surface area contributed by atoms with Gasteiger partial charge in [-0.05, 0) is 32.1 Å². The summed E-state index contributed by atoms with van der Waals surface area (Å²) >= 11 is 0. The van der Waals surface area contributed by atoms with Crippen molar-refractivity contribution in [3.8, 4) is 0 Å². The molecule has 0 unspecified atom stereocenters. The zero-order valence-electron chi connectivity index (χ0n) is 15.4. The van der Waals surface area contributed by atoms with Crippen LogP contribution in [-0.2, 0) is 6.54 Å². The Hall–Kier alpha value is -1.24. The second-order valence-corrected chi connectivity index (χ2v) is 7.72. The molecule has 0 bridgehead atoms. The predicted molar refractivity (Wildman–Crippen MR) is 98.4 cm³/mol. The minimum absolute atomic E-state index is 0.0445. The molecule has 0 aromatic carbocycles. The van der Waals surface area contributed by atoms with E-state index in [1.54, 1.807) is 0 Å². The van der Waals surface area contributed by atoms with Gasteiger partial charge in [0.2, 0.25) is 5.95 Å². The molecule has 3 rings (SSSR count). The zero-order valence-corrected chi connectivity index (χ0v) is 15.4. The number of piperidine rings is 2. The number of rotatable bonds is 6. The highest BCUT2D eigenvalue weighted by Crippen LogP contribution is 2.35. The van der Waals surface area contributed by atoms with Gasteiger partial charge in [-0.2, -0.15) is 0 Å². The van der Waals surface area contributed by atoms with Gasteiger partial charge in [0.25, 0.3) is 0 Å². The second kappa shape index (κ2) is 8.43. The van der Waals surface area contributed by atoms with Crippen LogP contribution >= 0.6 is 0 Å². The highest BCUT2D eigenvalue weighted by molar-refractivity contribution is 5.30. The Morgan fingerprint density at radius 2 is 1.88 bits per heavy atom. The number of nitrogens with zero attached hydrogens (tertiary/aromatic N) is 4. The minimum atomic E-state index is -0.411. The van der Waals surface area contributed by atoms with Crippen molar-refractivity contribution in [3.05, 3.63) is 18.0 Å². The van der Waals surface area contributed by atoms with Crippen molar-refractivity contribution in [1.82, 2.24) is 14.9 Å². The van der Waals surface area contributed by atoms with Crippen molar-refractivity contribution in [1.29, 1.82) is 0 Å². The minimum Gasteiger partial charge on any atom is -0.396 e. The largest absolute Gasteiger partial charge is 0.396 e. The normalized spacial score (nSPS) is 28.3. The van der Waals surface area contributed by atoms with Crippen LogP contribution in [0.1, 0.15) is 51.0 Å². The van der Waals surface area contributed by atoms with Gasteiger partial charge in [0.15, 0.2) is 0 Å². The quantitative estimate of drug-likeness (QED) is 0.817. The Morgan fingerprint density at radius 3 is 2.52 bits per heavy atom. The Morgan fingerprint density at radius 1 is 1.16 bits per heavy atom. The topological polar surface area (TPSA) is 72.7 Å². The van der Waals surface area contributed by atoms with Crippen molar-refractivity contribution in [2.24, 2.45) is 5.41 Å². The van der Waals surface area contributed by atoms with Gasteiger partial charge in [-0.25, -0.2) is 9.97 Å². The molecule has 2 atom stereocenters. The molecule has 2 aliphatic heterocycles. The smallest absolute Gasteiger partial charge is 0.225 e. The van der Waals surface area contributed by atoms with Crippen LogP contribution in [0.4, 0.5) is 5.95 Å². The Kier molecular flexibility index (Phi) is 6.25. The van der Waals surface area contributed by atoms with Crippen LogP contribution in [0.15, 0.2) is 12.4 Å². The molecule has 2 aliphatic rings. The Bertz CT molecular complexity index is 533. The number of aromatic nitrogens is 2. The summed E-state index contributed by atoms with van der Waals surface area (Å²) in [6.45, 7) is 6.61. The van der Waals surface area contributed by atoms with E-state index in [9.17, 15) is 10.2 Å². The molecule has 6 heteroatoms. The van der Waals surface area contributed by atoms with Gasteiger partial charge in [0, 0.05) is 56.1 Å². The third-order valence-corrected chi connectivity index (χ3v) is 5.76. The first kappa shape index (κ1) is 18.5. The summed E-state index contributed by atoms with van der Waals surface area (Å²) in [4.78, 5) is 13.7. The van der Waals surface area contributed by atoms with Gasteiger partial charge in [-0.3, -0.25) is 4.90 Å². The maximum atomic E-state index is 10.4. The first-order valence-electron chi connectivity index (χ1n) is 9.74. The molecular weight excluding hydrogens is 316 g/mol. The predicted octanol–water partition coefficient (Wildman–Crippen LogP) is 1.81. The van der Waals surface area contributed by atoms with E-state index in [2.05, 4.69) is 26.7 Å². The average Bonchev–Trinajstić information content (AvgIpc) is 2.66. The molecule has 2 N–H and O–H groups in total. The van der Waals surface area contributed by atoms with E-state index in [-0.39, 0.29) is 12.0 Å². The van der Waals surface area contributed by atoms with Crippen molar-refractivity contribution in [2.45, 2.75) is 58.1 Å². The van der Waals surface area contributed by atoms with Crippen molar-refractivity contribution in [3.63, 3.8) is 0 Å². The number of hydrogen-bond donors (Lipinski definition) is 2. The van der Waals surface area contributed by atoms with Crippen LogP contribution in [0, 0.1) is 5.41 Å². The van der Waals surface area contributed by atoms with Gasteiger partial charge in [-0.15, -0.1) is 0 Å².